The third kappa shape index (κ3) is 4.16. The summed E-state index contributed by atoms with van der Waals surface area (Å²) in [7, 11) is 0. The van der Waals surface area contributed by atoms with Crippen molar-refractivity contribution in [3.8, 4) is 11.4 Å². The van der Waals surface area contributed by atoms with Gasteiger partial charge in [-0.15, -0.1) is 0 Å². The van der Waals surface area contributed by atoms with Crippen LogP contribution in [0.25, 0.3) is 11.4 Å². The summed E-state index contributed by atoms with van der Waals surface area (Å²) in [5.74, 6) is -1.71. The number of alkyl halides is 3. The van der Waals surface area contributed by atoms with Crippen LogP contribution in [-0.4, -0.2) is 44.1 Å². The second-order valence-corrected chi connectivity index (χ2v) is 6.93. The van der Waals surface area contributed by atoms with Gasteiger partial charge in [0.15, 0.2) is 5.78 Å². The van der Waals surface area contributed by atoms with Crippen LogP contribution in [0.1, 0.15) is 16.8 Å². The minimum atomic E-state index is -4.67. The highest BCUT2D eigenvalue weighted by molar-refractivity contribution is 5.99. The van der Waals surface area contributed by atoms with Gasteiger partial charge < -0.3 is 4.90 Å². The Morgan fingerprint density at radius 2 is 1.97 bits per heavy atom. The van der Waals surface area contributed by atoms with E-state index in [1.165, 1.54) is 36.8 Å². The molecule has 0 fully saturated rings. The molecule has 0 aliphatic carbocycles. The Morgan fingerprint density at radius 3 is 2.65 bits per heavy atom. The molecule has 3 heterocycles. The zero-order valence-corrected chi connectivity index (χ0v) is 15.9. The molecule has 1 aliphatic heterocycles. The number of carbonyl (C=O) groups is 1. The van der Waals surface area contributed by atoms with Crippen molar-refractivity contribution < 1.29 is 22.4 Å². The van der Waals surface area contributed by atoms with Crippen LogP contribution >= 0.6 is 0 Å². The fourth-order valence-corrected chi connectivity index (χ4v) is 3.47. The number of Topliss-reactive ketones (excluding diaryl/α,β-unsaturated/α-hetero) is 1. The zero-order valence-electron chi connectivity index (χ0n) is 15.9. The average Bonchev–Trinajstić information content (AvgIpc) is 2.73. The van der Waals surface area contributed by atoms with Crippen molar-refractivity contribution in [2.45, 2.75) is 25.2 Å². The van der Waals surface area contributed by atoms with Crippen molar-refractivity contribution in [2.24, 2.45) is 0 Å². The molecule has 0 radical (unpaired) electrons. The summed E-state index contributed by atoms with van der Waals surface area (Å²) in [4.78, 5) is 38.0. The maximum Gasteiger partial charge on any atom is 0.408 e. The molecule has 0 N–H and O–H groups in total. The number of rotatable bonds is 4. The number of aromatic nitrogens is 4. The molecule has 11 heteroatoms. The molecule has 4 rings (SSSR count). The van der Waals surface area contributed by atoms with Crippen LogP contribution < -0.4 is 10.5 Å². The summed E-state index contributed by atoms with van der Waals surface area (Å²) in [6.07, 6.45) is -2.47. The monoisotopic (exact) mass is 433 g/mol. The first-order valence-corrected chi connectivity index (χ1v) is 9.24. The second kappa shape index (κ2) is 7.89. The third-order valence-electron chi connectivity index (χ3n) is 4.93. The molecule has 0 bridgehead atoms. The largest absolute Gasteiger partial charge is 0.408 e. The van der Waals surface area contributed by atoms with E-state index >= 15 is 0 Å². The highest BCUT2D eigenvalue weighted by Gasteiger charge is 2.47. The highest BCUT2D eigenvalue weighted by Crippen LogP contribution is 2.34. The van der Waals surface area contributed by atoms with Gasteiger partial charge in [0.1, 0.15) is 18.2 Å². The predicted octanol–water partition coefficient (Wildman–Crippen LogP) is 2.86. The summed E-state index contributed by atoms with van der Waals surface area (Å²) in [6, 6.07) is 5.29. The van der Waals surface area contributed by atoms with Gasteiger partial charge in [-0.2, -0.15) is 13.2 Å². The molecule has 1 aromatic carbocycles. The molecule has 1 aliphatic rings. The van der Waals surface area contributed by atoms with E-state index in [4.69, 9.17) is 0 Å². The van der Waals surface area contributed by atoms with Crippen molar-refractivity contribution in [1.29, 1.82) is 0 Å². The summed E-state index contributed by atoms with van der Waals surface area (Å²) < 4.78 is 55.9. The number of nitrogens with zero attached hydrogens (tertiary/aromatic N) is 5. The molecule has 2 aromatic heterocycles. The molecular weight excluding hydrogens is 418 g/mol. The van der Waals surface area contributed by atoms with E-state index in [9.17, 15) is 27.2 Å². The number of anilines is 1. The lowest BCUT2D eigenvalue weighted by Crippen LogP contribution is -2.54. The fraction of sp³-hybridized carbons (Fsp3) is 0.250. The molecule has 1 unspecified atom stereocenters. The molecule has 0 saturated carbocycles. The van der Waals surface area contributed by atoms with Crippen LogP contribution in [0, 0.1) is 5.82 Å². The van der Waals surface area contributed by atoms with Crippen molar-refractivity contribution in [2.75, 3.05) is 11.4 Å². The smallest absolute Gasteiger partial charge is 0.322 e. The Hall–Kier alpha value is -3.63. The minimum absolute atomic E-state index is 0.0599. The first-order valence-electron chi connectivity index (χ1n) is 9.24. The van der Waals surface area contributed by atoms with Gasteiger partial charge in [0, 0.05) is 24.4 Å². The summed E-state index contributed by atoms with van der Waals surface area (Å²) in [5.41, 5.74) is -0.333. The summed E-state index contributed by atoms with van der Waals surface area (Å²) in [5, 5.41) is 0. The molecule has 7 nitrogen and oxygen atoms in total. The fourth-order valence-electron chi connectivity index (χ4n) is 3.47. The number of hydrogen-bond acceptors (Lipinski definition) is 6. The van der Waals surface area contributed by atoms with Crippen molar-refractivity contribution >= 4 is 11.7 Å². The van der Waals surface area contributed by atoms with E-state index < -0.39 is 42.3 Å². The van der Waals surface area contributed by atoms with Gasteiger partial charge >= 0.3 is 6.18 Å². The zero-order chi connectivity index (χ0) is 22.2. The maximum atomic E-state index is 13.8. The first kappa shape index (κ1) is 20.6. The van der Waals surface area contributed by atoms with E-state index in [0.29, 0.717) is 0 Å². The van der Waals surface area contributed by atoms with Crippen LogP contribution in [0.5, 0.6) is 0 Å². The van der Waals surface area contributed by atoms with Gasteiger partial charge in [-0.25, -0.2) is 19.3 Å². The Labute approximate surface area is 173 Å². The topological polar surface area (TPSA) is 81.0 Å². The number of halogens is 4. The molecule has 0 saturated heterocycles. The molecular formula is C20H15F4N5O2. The predicted molar refractivity (Wildman–Crippen MR) is 102 cm³/mol. The molecule has 3 aromatic rings. The van der Waals surface area contributed by atoms with E-state index in [1.807, 2.05) is 0 Å². The SMILES string of the molecule is O=C(CN1c2nc(-c3ccncn3)cc(=O)n2CCC1C(F)(F)F)c1cccc(F)c1. The lowest BCUT2D eigenvalue weighted by atomic mass is 10.1. The number of benzene rings is 1. The number of hydrogen-bond donors (Lipinski definition) is 0. The van der Waals surface area contributed by atoms with Crippen molar-refractivity contribution in [3.63, 3.8) is 0 Å². The van der Waals surface area contributed by atoms with E-state index in [0.717, 1.165) is 21.6 Å². The number of ketones is 1. The van der Waals surface area contributed by atoms with Crippen molar-refractivity contribution in [3.05, 3.63) is 70.7 Å². The van der Waals surface area contributed by atoms with Crippen LogP contribution in [0.3, 0.4) is 0 Å². The molecule has 0 spiro atoms. The van der Waals surface area contributed by atoms with Gasteiger partial charge in [0.25, 0.3) is 5.56 Å². The van der Waals surface area contributed by atoms with Crippen LogP contribution in [-0.2, 0) is 6.54 Å². The number of fused-ring (bicyclic) bond motifs is 1. The lowest BCUT2D eigenvalue weighted by molar-refractivity contribution is -0.152. The van der Waals surface area contributed by atoms with Gasteiger partial charge in [-0.3, -0.25) is 14.2 Å². The number of carbonyl (C=O) groups excluding carboxylic acids is 1. The second-order valence-electron chi connectivity index (χ2n) is 6.93. The minimum Gasteiger partial charge on any atom is -0.322 e. The van der Waals surface area contributed by atoms with Gasteiger partial charge in [0.05, 0.1) is 17.9 Å². The van der Waals surface area contributed by atoms with Gasteiger partial charge in [0.2, 0.25) is 5.95 Å². The van der Waals surface area contributed by atoms with E-state index in [-0.39, 0.29) is 29.4 Å². The third-order valence-corrected chi connectivity index (χ3v) is 4.93. The van der Waals surface area contributed by atoms with Gasteiger partial charge in [-0.1, -0.05) is 12.1 Å². The Balaban J connectivity index is 1.80. The standard InChI is InChI=1S/C20H15F4N5O2/c21-13-3-1-2-12(8-13)16(30)10-29-17(20(22,23)24)5-7-28-18(31)9-15(27-19(28)29)14-4-6-25-11-26-14/h1-4,6,8-9,11,17H,5,7,10H2. The molecule has 0 amide bonds. The average molecular weight is 433 g/mol. The maximum absolute atomic E-state index is 13.8. The normalized spacial score (nSPS) is 16.1. The molecule has 160 valence electrons. The van der Waals surface area contributed by atoms with Crippen LogP contribution in [0.4, 0.5) is 23.5 Å². The summed E-state index contributed by atoms with van der Waals surface area (Å²) >= 11 is 0. The van der Waals surface area contributed by atoms with E-state index in [2.05, 4.69) is 15.0 Å². The highest BCUT2D eigenvalue weighted by atomic mass is 19.4. The summed E-state index contributed by atoms with van der Waals surface area (Å²) in [6.45, 7) is -0.937. The Kier molecular flexibility index (Phi) is 5.25. The molecule has 1 atom stereocenters. The van der Waals surface area contributed by atoms with Crippen LogP contribution in [0.2, 0.25) is 0 Å². The Morgan fingerprint density at radius 1 is 1.16 bits per heavy atom. The first-order chi connectivity index (χ1) is 14.7. The van der Waals surface area contributed by atoms with Crippen molar-refractivity contribution in [1.82, 2.24) is 19.5 Å². The lowest BCUT2D eigenvalue weighted by Gasteiger charge is -2.38. The van der Waals surface area contributed by atoms with Crippen LogP contribution in [0.15, 0.2) is 53.7 Å². The molecule has 31 heavy (non-hydrogen) atoms. The van der Waals surface area contributed by atoms with E-state index in [1.54, 1.807) is 0 Å². The quantitative estimate of drug-likeness (QED) is 0.465. The Bertz CT molecular complexity index is 1180. The van der Waals surface area contributed by atoms with Gasteiger partial charge in [-0.05, 0) is 24.6 Å².